The van der Waals surface area contributed by atoms with Crippen LogP contribution in [0.2, 0.25) is 0 Å². The molecule has 0 aromatic heterocycles. The number of primary amides is 1. The molecule has 0 fully saturated rings. The summed E-state index contributed by atoms with van der Waals surface area (Å²) in [6, 6.07) is 5.74. The second-order valence-electron chi connectivity index (χ2n) is 3.17. The molecule has 68 valence electrons. The van der Waals surface area contributed by atoms with Gasteiger partial charge in [0, 0.05) is 0 Å². The zero-order chi connectivity index (χ0) is 9.26. The van der Waals surface area contributed by atoms with Crippen LogP contribution in [0.4, 0.5) is 4.79 Å². The van der Waals surface area contributed by atoms with Crippen LogP contribution < -0.4 is 10.5 Å². The average Bonchev–Trinajstić information content (AvgIpc) is 2.51. The van der Waals surface area contributed by atoms with Gasteiger partial charge in [-0.25, -0.2) is 4.79 Å². The first-order valence-electron chi connectivity index (χ1n) is 4.35. The summed E-state index contributed by atoms with van der Waals surface area (Å²) in [4.78, 5) is 10.6. The van der Waals surface area contributed by atoms with Gasteiger partial charge in [0.25, 0.3) is 0 Å². The van der Waals surface area contributed by atoms with Gasteiger partial charge in [0.1, 0.15) is 5.75 Å². The average molecular weight is 177 g/mol. The van der Waals surface area contributed by atoms with Crippen LogP contribution in [0.3, 0.4) is 0 Å². The fourth-order valence-corrected chi connectivity index (χ4v) is 1.79. The molecule has 13 heavy (non-hydrogen) atoms. The van der Waals surface area contributed by atoms with Crippen molar-refractivity contribution in [3.05, 3.63) is 29.3 Å². The van der Waals surface area contributed by atoms with Crippen LogP contribution in [0.1, 0.15) is 17.5 Å². The number of hydrogen-bond donors (Lipinski definition) is 1. The predicted molar refractivity (Wildman–Crippen MR) is 48.7 cm³/mol. The van der Waals surface area contributed by atoms with Crippen molar-refractivity contribution in [2.45, 2.75) is 19.3 Å². The Bertz CT molecular complexity index is 347. The molecule has 1 aliphatic rings. The highest BCUT2D eigenvalue weighted by Gasteiger charge is 2.15. The first kappa shape index (κ1) is 8.10. The van der Waals surface area contributed by atoms with E-state index in [-0.39, 0.29) is 0 Å². The minimum atomic E-state index is -0.736. The molecule has 0 heterocycles. The van der Waals surface area contributed by atoms with Crippen molar-refractivity contribution in [1.29, 1.82) is 0 Å². The molecule has 0 saturated carbocycles. The molecule has 3 heteroatoms. The largest absolute Gasteiger partial charge is 0.410 e. The standard InChI is InChI=1S/C10H11NO2/c11-10(12)13-9-6-2-4-7-3-1-5-8(7)9/h2,4,6H,1,3,5H2,(H2,11,12). The number of hydrogen-bond acceptors (Lipinski definition) is 2. The van der Waals surface area contributed by atoms with E-state index in [1.165, 1.54) is 5.56 Å². The van der Waals surface area contributed by atoms with Gasteiger partial charge in [-0.05, 0) is 36.5 Å². The summed E-state index contributed by atoms with van der Waals surface area (Å²) < 4.78 is 4.90. The highest BCUT2D eigenvalue weighted by Crippen LogP contribution is 2.30. The van der Waals surface area contributed by atoms with Crippen LogP contribution in [0.5, 0.6) is 5.75 Å². The van der Waals surface area contributed by atoms with Crippen molar-refractivity contribution in [3.8, 4) is 5.75 Å². The van der Waals surface area contributed by atoms with E-state index in [9.17, 15) is 4.79 Å². The van der Waals surface area contributed by atoms with Crippen molar-refractivity contribution in [1.82, 2.24) is 0 Å². The Morgan fingerprint density at radius 2 is 2.23 bits per heavy atom. The van der Waals surface area contributed by atoms with Crippen LogP contribution in [0.25, 0.3) is 0 Å². The Labute approximate surface area is 76.5 Å². The first-order valence-corrected chi connectivity index (χ1v) is 4.35. The van der Waals surface area contributed by atoms with E-state index in [0.29, 0.717) is 5.75 Å². The molecule has 0 radical (unpaired) electrons. The number of nitrogens with two attached hydrogens (primary N) is 1. The van der Waals surface area contributed by atoms with Crippen LogP contribution in [0.15, 0.2) is 18.2 Å². The van der Waals surface area contributed by atoms with Gasteiger partial charge in [-0.2, -0.15) is 0 Å². The first-order chi connectivity index (χ1) is 6.27. The minimum Gasteiger partial charge on any atom is -0.410 e. The van der Waals surface area contributed by atoms with Gasteiger partial charge < -0.3 is 10.5 Å². The number of benzene rings is 1. The fraction of sp³-hybridized carbons (Fsp3) is 0.300. The summed E-state index contributed by atoms with van der Waals surface area (Å²) in [5.41, 5.74) is 7.37. The normalized spacial score (nSPS) is 13.8. The minimum absolute atomic E-state index is 0.627. The number of carbonyl (C=O) groups excluding carboxylic acids is 1. The van der Waals surface area contributed by atoms with Gasteiger partial charge in [0.15, 0.2) is 0 Å². The topological polar surface area (TPSA) is 52.3 Å². The highest BCUT2D eigenvalue weighted by molar-refractivity contribution is 5.69. The van der Waals surface area contributed by atoms with E-state index >= 15 is 0 Å². The highest BCUT2D eigenvalue weighted by atomic mass is 16.5. The molecule has 0 unspecified atom stereocenters. The lowest BCUT2D eigenvalue weighted by atomic mass is 10.1. The molecule has 3 nitrogen and oxygen atoms in total. The lowest BCUT2D eigenvalue weighted by Crippen LogP contribution is -2.17. The number of amides is 1. The number of aryl methyl sites for hydroxylation is 1. The summed E-state index contributed by atoms with van der Waals surface area (Å²) >= 11 is 0. The predicted octanol–water partition coefficient (Wildman–Crippen LogP) is 1.63. The zero-order valence-corrected chi connectivity index (χ0v) is 7.25. The third-order valence-electron chi connectivity index (χ3n) is 2.31. The Morgan fingerprint density at radius 1 is 1.38 bits per heavy atom. The van der Waals surface area contributed by atoms with E-state index in [4.69, 9.17) is 10.5 Å². The van der Waals surface area contributed by atoms with Crippen molar-refractivity contribution in [2.24, 2.45) is 5.73 Å². The Kier molecular flexibility index (Phi) is 1.93. The maximum atomic E-state index is 10.6. The zero-order valence-electron chi connectivity index (χ0n) is 7.25. The molecule has 1 aromatic rings. The molecule has 1 aliphatic carbocycles. The molecule has 0 spiro atoms. The summed E-state index contributed by atoms with van der Waals surface area (Å²) in [5.74, 6) is 0.627. The molecular weight excluding hydrogens is 166 g/mol. The van der Waals surface area contributed by atoms with Crippen LogP contribution in [-0.2, 0) is 12.8 Å². The third-order valence-corrected chi connectivity index (χ3v) is 2.31. The Hall–Kier alpha value is -1.51. The van der Waals surface area contributed by atoms with E-state index in [2.05, 4.69) is 6.07 Å². The second kappa shape index (κ2) is 3.09. The number of ether oxygens (including phenoxy) is 1. The summed E-state index contributed by atoms with van der Waals surface area (Å²) in [5, 5.41) is 0. The molecular formula is C10H11NO2. The van der Waals surface area contributed by atoms with Crippen LogP contribution in [0, 0.1) is 0 Å². The molecule has 0 atom stereocenters. The number of rotatable bonds is 1. The maximum Gasteiger partial charge on any atom is 0.409 e. The number of carbonyl (C=O) groups is 1. The molecule has 2 N–H and O–H groups in total. The monoisotopic (exact) mass is 177 g/mol. The molecule has 1 amide bonds. The molecule has 1 aromatic carbocycles. The van der Waals surface area contributed by atoms with Gasteiger partial charge in [-0.15, -0.1) is 0 Å². The molecule has 2 rings (SSSR count). The third kappa shape index (κ3) is 1.49. The van der Waals surface area contributed by atoms with E-state index in [0.717, 1.165) is 24.8 Å². The van der Waals surface area contributed by atoms with Gasteiger partial charge in [0.05, 0.1) is 0 Å². The van der Waals surface area contributed by atoms with Gasteiger partial charge in [0.2, 0.25) is 0 Å². The van der Waals surface area contributed by atoms with Crippen LogP contribution >= 0.6 is 0 Å². The van der Waals surface area contributed by atoms with Crippen molar-refractivity contribution >= 4 is 6.09 Å². The van der Waals surface area contributed by atoms with E-state index < -0.39 is 6.09 Å². The Morgan fingerprint density at radius 3 is 3.00 bits per heavy atom. The van der Waals surface area contributed by atoms with Crippen molar-refractivity contribution in [3.63, 3.8) is 0 Å². The van der Waals surface area contributed by atoms with Crippen LogP contribution in [-0.4, -0.2) is 6.09 Å². The summed E-state index contributed by atoms with van der Waals surface area (Å²) in [7, 11) is 0. The van der Waals surface area contributed by atoms with Gasteiger partial charge in [-0.3, -0.25) is 0 Å². The molecule has 0 aliphatic heterocycles. The van der Waals surface area contributed by atoms with Gasteiger partial charge >= 0.3 is 6.09 Å². The maximum absolute atomic E-state index is 10.6. The quantitative estimate of drug-likeness (QED) is 0.708. The number of fused-ring (bicyclic) bond motifs is 1. The fourth-order valence-electron chi connectivity index (χ4n) is 1.79. The van der Waals surface area contributed by atoms with Gasteiger partial charge in [-0.1, -0.05) is 12.1 Å². The SMILES string of the molecule is NC(=O)Oc1cccc2c1CCC2. The lowest BCUT2D eigenvalue weighted by Gasteiger charge is -2.06. The second-order valence-corrected chi connectivity index (χ2v) is 3.17. The lowest BCUT2D eigenvalue weighted by molar-refractivity contribution is 0.210. The van der Waals surface area contributed by atoms with Crippen molar-refractivity contribution in [2.75, 3.05) is 0 Å². The summed E-state index contributed by atoms with van der Waals surface area (Å²) in [6.45, 7) is 0. The Balaban J connectivity index is 2.36. The molecule has 0 saturated heterocycles. The van der Waals surface area contributed by atoms with Crippen molar-refractivity contribution < 1.29 is 9.53 Å². The molecule has 0 bridgehead atoms. The summed E-state index contributed by atoms with van der Waals surface area (Å²) in [6.07, 6.45) is 2.46. The van der Waals surface area contributed by atoms with E-state index in [1.54, 1.807) is 6.07 Å². The smallest absolute Gasteiger partial charge is 0.409 e. The van der Waals surface area contributed by atoms with E-state index in [1.807, 2.05) is 6.07 Å².